The van der Waals surface area contributed by atoms with Gasteiger partial charge in [-0.25, -0.2) is 4.39 Å². The summed E-state index contributed by atoms with van der Waals surface area (Å²) in [5.74, 6) is -0.789. The van der Waals surface area contributed by atoms with Crippen LogP contribution in [-0.2, 0) is 4.79 Å². The van der Waals surface area contributed by atoms with E-state index in [-0.39, 0.29) is 11.7 Å². The molecule has 0 saturated carbocycles. The number of rotatable bonds is 6. The molecule has 0 aliphatic carbocycles. The maximum atomic E-state index is 12.9. The summed E-state index contributed by atoms with van der Waals surface area (Å²) in [5, 5.41) is 13.6. The van der Waals surface area contributed by atoms with Crippen LogP contribution in [0.3, 0.4) is 0 Å². The quantitative estimate of drug-likeness (QED) is 0.463. The van der Waals surface area contributed by atoms with E-state index in [0.29, 0.717) is 15.0 Å². The number of nitrogens with one attached hydrogen (secondary N) is 2. The van der Waals surface area contributed by atoms with E-state index < -0.39 is 11.7 Å². The van der Waals surface area contributed by atoms with Gasteiger partial charge in [0.05, 0.1) is 5.75 Å². The van der Waals surface area contributed by atoms with Crippen LogP contribution in [0.25, 0.3) is 0 Å². The summed E-state index contributed by atoms with van der Waals surface area (Å²) in [6.07, 6.45) is 0. The summed E-state index contributed by atoms with van der Waals surface area (Å²) in [5.41, 5.74) is 3.23. The zero-order valence-electron chi connectivity index (χ0n) is 15.2. The lowest BCUT2D eigenvalue weighted by molar-refractivity contribution is -0.113. The van der Waals surface area contributed by atoms with E-state index in [9.17, 15) is 14.0 Å². The van der Waals surface area contributed by atoms with Gasteiger partial charge in [-0.2, -0.15) is 0 Å². The fraction of sp³-hybridized carbons (Fsp3) is 0.158. The molecule has 0 aliphatic heterocycles. The third-order valence-electron chi connectivity index (χ3n) is 3.72. The highest BCUT2D eigenvalue weighted by Crippen LogP contribution is 2.26. The molecule has 6 nitrogen and oxygen atoms in total. The predicted molar refractivity (Wildman–Crippen MR) is 110 cm³/mol. The molecule has 0 bridgehead atoms. The topological polar surface area (TPSA) is 84.0 Å². The van der Waals surface area contributed by atoms with E-state index in [0.717, 1.165) is 16.8 Å². The number of aryl methyl sites for hydroxylation is 2. The normalized spacial score (nSPS) is 10.5. The van der Waals surface area contributed by atoms with Gasteiger partial charge in [0.15, 0.2) is 4.34 Å². The van der Waals surface area contributed by atoms with Crippen LogP contribution in [0, 0.1) is 19.7 Å². The van der Waals surface area contributed by atoms with Crippen molar-refractivity contribution >= 4 is 45.7 Å². The van der Waals surface area contributed by atoms with E-state index in [1.165, 1.54) is 47.4 Å². The van der Waals surface area contributed by atoms with Crippen LogP contribution in [0.1, 0.15) is 21.5 Å². The molecule has 2 aromatic carbocycles. The lowest BCUT2D eigenvalue weighted by atomic mass is 10.1. The third kappa shape index (κ3) is 5.37. The van der Waals surface area contributed by atoms with Crippen LogP contribution in [0.15, 0.2) is 46.8 Å². The Kier molecular flexibility index (Phi) is 6.37. The summed E-state index contributed by atoms with van der Waals surface area (Å²) in [6, 6.07) is 11.0. The van der Waals surface area contributed by atoms with Crippen LogP contribution in [0.2, 0.25) is 0 Å². The maximum absolute atomic E-state index is 12.9. The van der Waals surface area contributed by atoms with Crippen molar-refractivity contribution in [2.75, 3.05) is 16.4 Å². The lowest BCUT2D eigenvalue weighted by Crippen LogP contribution is -2.14. The zero-order chi connectivity index (χ0) is 20.1. The van der Waals surface area contributed by atoms with Crippen LogP contribution in [0.4, 0.5) is 15.2 Å². The largest absolute Gasteiger partial charge is 0.325 e. The maximum Gasteiger partial charge on any atom is 0.257 e. The number of amides is 2. The molecule has 28 heavy (non-hydrogen) atoms. The van der Waals surface area contributed by atoms with Gasteiger partial charge >= 0.3 is 0 Å². The summed E-state index contributed by atoms with van der Waals surface area (Å²) in [7, 11) is 0. The van der Waals surface area contributed by atoms with Gasteiger partial charge in [-0.1, -0.05) is 40.8 Å². The molecule has 144 valence electrons. The van der Waals surface area contributed by atoms with Gasteiger partial charge in [0.25, 0.3) is 5.91 Å². The molecule has 0 radical (unpaired) electrons. The standard InChI is InChI=1S/C19H17FN4O2S2/c1-11-3-8-15(12(2)9-11)21-16(25)10-27-19-24-23-18(28-19)22-17(26)13-4-6-14(20)7-5-13/h3-9H,10H2,1-2H3,(H,21,25)(H,22,23,26). The first-order valence-electron chi connectivity index (χ1n) is 8.31. The second-order valence-electron chi connectivity index (χ2n) is 5.99. The first-order chi connectivity index (χ1) is 13.4. The van der Waals surface area contributed by atoms with Gasteiger partial charge in [0.1, 0.15) is 5.82 Å². The molecule has 1 aromatic heterocycles. The Morgan fingerprint density at radius 2 is 1.82 bits per heavy atom. The van der Waals surface area contributed by atoms with Crippen molar-refractivity contribution < 1.29 is 14.0 Å². The van der Waals surface area contributed by atoms with Gasteiger partial charge in [-0.15, -0.1) is 10.2 Å². The average molecular weight is 417 g/mol. The van der Waals surface area contributed by atoms with Crippen molar-refractivity contribution in [3.8, 4) is 0 Å². The Bertz CT molecular complexity index is 1010. The van der Waals surface area contributed by atoms with Crippen LogP contribution in [0.5, 0.6) is 0 Å². The summed E-state index contributed by atoms with van der Waals surface area (Å²) < 4.78 is 13.5. The minimum absolute atomic E-state index is 0.149. The van der Waals surface area contributed by atoms with Crippen molar-refractivity contribution in [1.29, 1.82) is 0 Å². The summed E-state index contributed by atoms with van der Waals surface area (Å²) in [4.78, 5) is 24.2. The fourth-order valence-electron chi connectivity index (χ4n) is 2.36. The Hall–Kier alpha value is -2.78. The Balaban J connectivity index is 1.52. The summed E-state index contributed by atoms with van der Waals surface area (Å²) in [6.45, 7) is 3.94. The molecule has 0 atom stereocenters. The second kappa shape index (κ2) is 8.94. The molecule has 0 fully saturated rings. The molecule has 9 heteroatoms. The Morgan fingerprint density at radius 1 is 1.07 bits per heavy atom. The molecule has 2 N–H and O–H groups in total. The number of halogens is 1. The van der Waals surface area contributed by atoms with Crippen LogP contribution >= 0.6 is 23.1 Å². The molecular formula is C19H17FN4O2S2. The Labute approximate surface area is 169 Å². The molecule has 0 unspecified atom stereocenters. The highest BCUT2D eigenvalue weighted by Gasteiger charge is 2.12. The van der Waals surface area contributed by atoms with Crippen molar-refractivity contribution in [3.05, 3.63) is 65.0 Å². The fourth-order valence-corrected chi connectivity index (χ4v) is 3.90. The van der Waals surface area contributed by atoms with E-state index in [4.69, 9.17) is 0 Å². The highest BCUT2D eigenvalue weighted by atomic mass is 32.2. The molecular weight excluding hydrogens is 399 g/mol. The van der Waals surface area contributed by atoms with Crippen molar-refractivity contribution in [3.63, 3.8) is 0 Å². The number of hydrogen-bond acceptors (Lipinski definition) is 6. The number of carbonyl (C=O) groups excluding carboxylic acids is 2. The predicted octanol–water partition coefficient (Wildman–Crippen LogP) is 4.28. The van der Waals surface area contributed by atoms with Crippen LogP contribution in [-0.4, -0.2) is 27.8 Å². The zero-order valence-corrected chi connectivity index (χ0v) is 16.8. The highest BCUT2D eigenvalue weighted by molar-refractivity contribution is 8.01. The molecule has 1 heterocycles. The molecule has 0 spiro atoms. The third-order valence-corrected chi connectivity index (χ3v) is 5.69. The number of nitrogens with zero attached hydrogens (tertiary/aromatic N) is 2. The molecule has 2 amide bonds. The number of carbonyl (C=O) groups is 2. The molecule has 3 aromatic rings. The number of hydrogen-bond donors (Lipinski definition) is 2. The smallest absolute Gasteiger partial charge is 0.257 e. The van der Waals surface area contributed by atoms with Gasteiger partial charge in [-0.3, -0.25) is 14.9 Å². The minimum Gasteiger partial charge on any atom is -0.325 e. The Morgan fingerprint density at radius 3 is 2.54 bits per heavy atom. The van der Waals surface area contributed by atoms with Crippen LogP contribution < -0.4 is 10.6 Å². The van der Waals surface area contributed by atoms with Gasteiger partial charge in [-0.05, 0) is 49.7 Å². The average Bonchev–Trinajstić information content (AvgIpc) is 3.10. The first-order valence-corrected chi connectivity index (χ1v) is 10.1. The minimum atomic E-state index is -0.412. The van der Waals surface area contributed by atoms with Crippen molar-refractivity contribution in [2.45, 2.75) is 18.2 Å². The lowest BCUT2D eigenvalue weighted by Gasteiger charge is -2.08. The number of benzene rings is 2. The van der Waals surface area contributed by atoms with E-state index >= 15 is 0 Å². The molecule has 3 rings (SSSR count). The second-order valence-corrected chi connectivity index (χ2v) is 8.19. The van der Waals surface area contributed by atoms with Crippen molar-refractivity contribution in [2.24, 2.45) is 0 Å². The number of thioether (sulfide) groups is 1. The number of anilines is 2. The summed E-state index contributed by atoms with van der Waals surface area (Å²) >= 11 is 2.40. The molecule has 0 saturated heterocycles. The monoisotopic (exact) mass is 416 g/mol. The van der Waals surface area contributed by atoms with Crippen molar-refractivity contribution in [1.82, 2.24) is 10.2 Å². The van der Waals surface area contributed by atoms with Gasteiger partial charge < -0.3 is 5.32 Å². The van der Waals surface area contributed by atoms with Gasteiger partial charge in [0.2, 0.25) is 11.0 Å². The molecule has 0 aliphatic rings. The van der Waals surface area contributed by atoms with E-state index in [1.54, 1.807) is 0 Å². The SMILES string of the molecule is Cc1ccc(NC(=O)CSc2nnc(NC(=O)c3ccc(F)cc3)s2)c(C)c1. The van der Waals surface area contributed by atoms with E-state index in [2.05, 4.69) is 20.8 Å². The number of aromatic nitrogens is 2. The first kappa shape index (κ1) is 20.0. The van der Waals surface area contributed by atoms with E-state index in [1.807, 2.05) is 32.0 Å². The van der Waals surface area contributed by atoms with Gasteiger partial charge in [0, 0.05) is 11.3 Å².